The summed E-state index contributed by atoms with van der Waals surface area (Å²) >= 11 is 0. The monoisotopic (exact) mass is 370 g/mol. The molecule has 2 aliphatic rings. The molecule has 2 aliphatic carbocycles. The van der Waals surface area contributed by atoms with Gasteiger partial charge in [0.1, 0.15) is 0 Å². The van der Waals surface area contributed by atoms with Crippen molar-refractivity contribution in [2.75, 3.05) is 0 Å². The molecule has 4 rings (SSSR count). The van der Waals surface area contributed by atoms with Gasteiger partial charge >= 0.3 is 0 Å². The van der Waals surface area contributed by atoms with Crippen LogP contribution in [0.4, 0.5) is 0 Å². The Balaban J connectivity index is 1.91. The molecule has 28 heavy (non-hydrogen) atoms. The van der Waals surface area contributed by atoms with Crippen molar-refractivity contribution in [3.05, 3.63) is 75.9 Å². The van der Waals surface area contributed by atoms with Crippen LogP contribution in [0.5, 0.6) is 0 Å². The molecule has 0 saturated carbocycles. The van der Waals surface area contributed by atoms with Crippen molar-refractivity contribution in [1.82, 2.24) is 0 Å². The molecule has 146 valence electrons. The molecule has 0 fully saturated rings. The number of allylic oxidation sites excluding steroid dienone is 4. The van der Waals surface area contributed by atoms with Gasteiger partial charge in [-0.3, -0.25) is 0 Å². The maximum absolute atomic E-state index is 2.50. The summed E-state index contributed by atoms with van der Waals surface area (Å²) < 4.78 is 0. The van der Waals surface area contributed by atoms with Gasteiger partial charge in [0.2, 0.25) is 0 Å². The summed E-state index contributed by atoms with van der Waals surface area (Å²) in [6.45, 7) is 18.5. The van der Waals surface area contributed by atoms with Crippen LogP contribution in [0.3, 0.4) is 0 Å². The molecule has 0 N–H and O–H groups in total. The Morgan fingerprint density at radius 3 is 2.04 bits per heavy atom. The second-order valence-corrected chi connectivity index (χ2v) is 10.9. The lowest BCUT2D eigenvalue weighted by Crippen LogP contribution is -2.15. The fourth-order valence-corrected chi connectivity index (χ4v) is 4.79. The smallest absolute Gasteiger partial charge is 0.000141 e. The van der Waals surface area contributed by atoms with Crippen LogP contribution >= 0.6 is 0 Å². The van der Waals surface area contributed by atoms with E-state index in [9.17, 15) is 0 Å². The number of hydrogen-bond donors (Lipinski definition) is 0. The Morgan fingerprint density at radius 2 is 1.46 bits per heavy atom. The van der Waals surface area contributed by atoms with Crippen molar-refractivity contribution in [3.8, 4) is 11.1 Å². The molecule has 0 heterocycles. The third kappa shape index (κ3) is 3.17. The molecular weight excluding hydrogens is 336 g/mol. The lowest BCUT2D eigenvalue weighted by molar-refractivity contribution is 0.587. The van der Waals surface area contributed by atoms with Crippen LogP contribution in [0.2, 0.25) is 0 Å². The van der Waals surface area contributed by atoms with Crippen molar-refractivity contribution < 1.29 is 0 Å². The van der Waals surface area contributed by atoms with Crippen LogP contribution in [0.15, 0.2) is 48.1 Å². The second-order valence-electron chi connectivity index (χ2n) is 10.9. The predicted molar refractivity (Wildman–Crippen MR) is 123 cm³/mol. The van der Waals surface area contributed by atoms with E-state index in [2.05, 4.69) is 97.9 Å². The average Bonchev–Trinajstić information content (AvgIpc) is 3.10. The molecule has 0 amide bonds. The van der Waals surface area contributed by atoms with Gasteiger partial charge in [-0.2, -0.15) is 0 Å². The molecule has 0 aromatic heterocycles. The van der Waals surface area contributed by atoms with Crippen LogP contribution in [-0.2, 0) is 17.3 Å². The number of fused-ring (bicyclic) bond motifs is 3. The third-order valence-corrected chi connectivity index (χ3v) is 6.40. The van der Waals surface area contributed by atoms with Crippen LogP contribution < -0.4 is 0 Å². The first-order valence-electron chi connectivity index (χ1n) is 10.7. The first-order chi connectivity index (χ1) is 12.9. The Hall–Kier alpha value is -2.08. The van der Waals surface area contributed by atoms with Crippen LogP contribution in [0, 0.1) is 5.92 Å². The SMILES string of the molecule is CC1=CC(C)C(c2cc3c(cc2C(C)(C)C)-c2cc(C(C)(C)C)ccc2C3)=C1. The topological polar surface area (TPSA) is 0 Å². The van der Waals surface area contributed by atoms with E-state index in [1.807, 2.05) is 0 Å². The van der Waals surface area contributed by atoms with Crippen LogP contribution in [0.1, 0.15) is 83.2 Å². The lowest BCUT2D eigenvalue weighted by atomic mass is 9.78. The molecular formula is C28H34. The van der Waals surface area contributed by atoms with Crippen molar-refractivity contribution in [2.24, 2.45) is 5.92 Å². The van der Waals surface area contributed by atoms with Gasteiger partial charge in [-0.1, -0.05) is 90.5 Å². The van der Waals surface area contributed by atoms with Gasteiger partial charge in [-0.15, -0.1) is 0 Å². The Bertz CT molecular complexity index is 1010. The zero-order chi connectivity index (χ0) is 20.4. The van der Waals surface area contributed by atoms with Gasteiger partial charge < -0.3 is 0 Å². The summed E-state index contributed by atoms with van der Waals surface area (Å²) in [6, 6.07) is 12.1. The van der Waals surface area contributed by atoms with E-state index in [0.717, 1.165) is 6.42 Å². The van der Waals surface area contributed by atoms with Crippen LogP contribution in [-0.4, -0.2) is 0 Å². The Labute approximate surface area is 171 Å². The molecule has 0 aliphatic heterocycles. The number of benzene rings is 2. The standard InChI is InChI=1S/C28H34/c1-17-11-18(2)22(12-17)25-14-20-13-19-9-10-21(27(3,4)5)15-23(19)24(20)16-26(25)28(6,7)8/h9-12,14-16,18H,13H2,1-8H3. The fourth-order valence-electron chi connectivity index (χ4n) is 4.79. The van der Waals surface area contributed by atoms with E-state index in [0.29, 0.717) is 5.92 Å². The average molecular weight is 371 g/mol. The predicted octanol–water partition coefficient (Wildman–Crippen LogP) is 7.83. The summed E-state index contributed by atoms with van der Waals surface area (Å²) in [5, 5.41) is 0. The fraction of sp³-hybridized carbons (Fsp3) is 0.429. The molecule has 0 nitrogen and oxygen atoms in total. The maximum Gasteiger partial charge on any atom is 0.000141 e. The maximum atomic E-state index is 2.50. The van der Waals surface area contributed by atoms with Gasteiger partial charge in [-0.05, 0) is 74.8 Å². The van der Waals surface area contributed by atoms with Crippen molar-refractivity contribution in [1.29, 1.82) is 0 Å². The highest BCUT2D eigenvalue weighted by Crippen LogP contribution is 2.45. The highest BCUT2D eigenvalue weighted by atomic mass is 14.3. The highest BCUT2D eigenvalue weighted by Gasteiger charge is 2.29. The summed E-state index contributed by atoms with van der Waals surface area (Å²) in [5.74, 6) is 0.496. The van der Waals surface area contributed by atoms with Gasteiger partial charge in [0.25, 0.3) is 0 Å². The van der Waals surface area contributed by atoms with Crippen molar-refractivity contribution >= 4 is 5.57 Å². The minimum atomic E-state index is 0.117. The quantitative estimate of drug-likeness (QED) is 0.409. The number of hydrogen-bond acceptors (Lipinski definition) is 0. The third-order valence-electron chi connectivity index (χ3n) is 6.40. The summed E-state index contributed by atoms with van der Waals surface area (Å²) in [6.07, 6.45) is 5.83. The van der Waals surface area contributed by atoms with Gasteiger partial charge in [0, 0.05) is 5.92 Å². The normalized spacial score (nSPS) is 18.6. The molecule has 0 heteroatoms. The number of rotatable bonds is 1. The van der Waals surface area contributed by atoms with Crippen LogP contribution in [0.25, 0.3) is 16.7 Å². The first-order valence-corrected chi connectivity index (χ1v) is 10.7. The van der Waals surface area contributed by atoms with E-state index in [1.165, 1.54) is 50.1 Å². The molecule has 2 aromatic rings. The largest absolute Gasteiger partial charge is 0.0743 e. The summed E-state index contributed by atoms with van der Waals surface area (Å²) in [5.41, 5.74) is 13.4. The molecule has 0 spiro atoms. The molecule has 0 radical (unpaired) electrons. The minimum Gasteiger partial charge on any atom is -0.0743 e. The van der Waals surface area contributed by atoms with Gasteiger partial charge in [0.15, 0.2) is 0 Å². The molecule has 1 atom stereocenters. The molecule has 0 bridgehead atoms. The van der Waals surface area contributed by atoms with E-state index in [4.69, 9.17) is 0 Å². The Kier molecular flexibility index (Phi) is 4.27. The minimum absolute atomic E-state index is 0.117. The van der Waals surface area contributed by atoms with E-state index >= 15 is 0 Å². The van der Waals surface area contributed by atoms with Crippen molar-refractivity contribution in [3.63, 3.8) is 0 Å². The molecule has 2 aromatic carbocycles. The second kappa shape index (κ2) is 6.21. The van der Waals surface area contributed by atoms with Crippen molar-refractivity contribution in [2.45, 2.75) is 72.6 Å². The lowest BCUT2D eigenvalue weighted by Gasteiger charge is -2.26. The van der Waals surface area contributed by atoms with E-state index in [-0.39, 0.29) is 10.8 Å². The first kappa shape index (κ1) is 19.2. The molecule has 1 unspecified atom stereocenters. The zero-order valence-corrected chi connectivity index (χ0v) is 18.8. The zero-order valence-electron chi connectivity index (χ0n) is 18.8. The Morgan fingerprint density at radius 1 is 0.786 bits per heavy atom. The highest BCUT2D eigenvalue weighted by molar-refractivity contribution is 5.84. The molecule has 0 saturated heterocycles. The van der Waals surface area contributed by atoms with E-state index in [1.54, 1.807) is 0 Å². The summed E-state index contributed by atoms with van der Waals surface area (Å²) in [4.78, 5) is 0. The van der Waals surface area contributed by atoms with Gasteiger partial charge in [-0.25, -0.2) is 0 Å². The van der Waals surface area contributed by atoms with Gasteiger partial charge in [0.05, 0.1) is 0 Å². The summed E-state index contributed by atoms with van der Waals surface area (Å²) in [7, 11) is 0. The van der Waals surface area contributed by atoms with E-state index < -0.39 is 0 Å².